The van der Waals surface area contributed by atoms with E-state index in [4.69, 9.17) is 5.73 Å². The third kappa shape index (κ3) is 5.07. The van der Waals surface area contributed by atoms with Crippen molar-refractivity contribution >= 4 is 28.3 Å². The van der Waals surface area contributed by atoms with Crippen molar-refractivity contribution in [2.45, 2.75) is 57.5 Å². The van der Waals surface area contributed by atoms with Crippen LogP contribution in [0.2, 0.25) is 0 Å². The smallest absolute Gasteiger partial charge is 0.241 e. The molecule has 0 spiro atoms. The van der Waals surface area contributed by atoms with E-state index in [1.807, 2.05) is 17.9 Å². The molecule has 0 radical (unpaired) electrons. The van der Waals surface area contributed by atoms with Gasteiger partial charge in [0.1, 0.15) is 5.82 Å². The number of nitrogens with two attached hydrogens (primary N) is 1. The highest BCUT2D eigenvalue weighted by atomic mass is 19.1. The fraction of sp³-hybridized carbons (Fsp3) is 0.448. The van der Waals surface area contributed by atoms with E-state index in [0.717, 1.165) is 30.4 Å². The van der Waals surface area contributed by atoms with Gasteiger partial charge in [0.15, 0.2) is 5.78 Å². The number of ketones is 1. The molecule has 7 nitrogen and oxygen atoms in total. The molecular formula is C29H34FN5O2. The first kappa shape index (κ1) is 25.3. The van der Waals surface area contributed by atoms with Crippen molar-refractivity contribution in [3.8, 4) is 0 Å². The number of hydrogen-bond donors (Lipinski definition) is 1. The molecule has 1 aliphatic carbocycles. The lowest BCUT2D eigenvalue weighted by Gasteiger charge is -2.39. The predicted molar refractivity (Wildman–Crippen MR) is 142 cm³/mol. The van der Waals surface area contributed by atoms with Crippen LogP contribution in [0.15, 0.2) is 42.9 Å². The number of pyridine rings is 2. The molecule has 1 saturated heterocycles. The van der Waals surface area contributed by atoms with Gasteiger partial charge in [-0.2, -0.15) is 0 Å². The molecule has 2 fully saturated rings. The van der Waals surface area contributed by atoms with Crippen molar-refractivity contribution in [1.82, 2.24) is 14.9 Å². The second kappa shape index (κ2) is 10.2. The highest BCUT2D eigenvalue weighted by molar-refractivity contribution is 6.08. The molecule has 0 unspecified atom stereocenters. The van der Waals surface area contributed by atoms with Crippen LogP contribution in [-0.4, -0.2) is 58.8 Å². The summed E-state index contributed by atoms with van der Waals surface area (Å²) in [4.78, 5) is 38.3. The number of likely N-dealkylation sites (N-methyl/N-ethyl adjacent to an activating group) is 1. The lowest BCUT2D eigenvalue weighted by Crippen LogP contribution is -2.53. The minimum Gasteiger partial charge on any atom is -0.356 e. The van der Waals surface area contributed by atoms with Crippen LogP contribution in [0.3, 0.4) is 0 Å². The zero-order chi connectivity index (χ0) is 26.3. The number of carbonyl (C=O) groups is 2. The first-order valence-corrected chi connectivity index (χ1v) is 13.0. The average molecular weight is 504 g/mol. The van der Waals surface area contributed by atoms with Crippen LogP contribution in [0, 0.1) is 11.7 Å². The summed E-state index contributed by atoms with van der Waals surface area (Å²) in [6.07, 6.45) is 8.29. The van der Waals surface area contributed by atoms with Crippen molar-refractivity contribution in [3.05, 3.63) is 65.4 Å². The van der Waals surface area contributed by atoms with Gasteiger partial charge in [0.05, 0.1) is 23.9 Å². The van der Waals surface area contributed by atoms with Gasteiger partial charge < -0.3 is 15.5 Å². The molecule has 4 atom stereocenters. The monoisotopic (exact) mass is 503 g/mol. The Morgan fingerprint density at radius 3 is 2.76 bits per heavy atom. The van der Waals surface area contributed by atoms with Gasteiger partial charge >= 0.3 is 0 Å². The van der Waals surface area contributed by atoms with E-state index >= 15 is 0 Å². The largest absolute Gasteiger partial charge is 0.356 e. The maximum atomic E-state index is 15.0. The van der Waals surface area contributed by atoms with Gasteiger partial charge in [-0.15, -0.1) is 0 Å². The van der Waals surface area contributed by atoms with Crippen LogP contribution in [0.4, 0.5) is 10.1 Å². The summed E-state index contributed by atoms with van der Waals surface area (Å²) in [5, 5.41) is 0.278. The maximum absolute atomic E-state index is 15.0. The van der Waals surface area contributed by atoms with E-state index in [0.29, 0.717) is 35.1 Å². The number of aromatic nitrogens is 2. The van der Waals surface area contributed by atoms with E-state index in [2.05, 4.69) is 16.9 Å². The highest BCUT2D eigenvalue weighted by Crippen LogP contribution is 2.37. The second-order valence-electron chi connectivity index (χ2n) is 10.9. The fourth-order valence-electron chi connectivity index (χ4n) is 6.09. The van der Waals surface area contributed by atoms with E-state index in [9.17, 15) is 14.0 Å². The molecule has 1 aliphatic heterocycles. The van der Waals surface area contributed by atoms with Crippen LogP contribution in [-0.2, 0) is 11.2 Å². The predicted octanol–water partition coefficient (Wildman–Crippen LogP) is 4.09. The van der Waals surface area contributed by atoms with Crippen LogP contribution >= 0.6 is 0 Å². The molecule has 3 heterocycles. The molecule has 8 heteroatoms. The van der Waals surface area contributed by atoms with Crippen molar-refractivity contribution < 1.29 is 14.0 Å². The van der Waals surface area contributed by atoms with E-state index in [1.165, 1.54) is 12.1 Å². The van der Waals surface area contributed by atoms with Gasteiger partial charge in [-0.25, -0.2) is 4.39 Å². The van der Waals surface area contributed by atoms with Crippen LogP contribution in [0.25, 0.3) is 10.9 Å². The first-order valence-electron chi connectivity index (χ1n) is 13.0. The summed E-state index contributed by atoms with van der Waals surface area (Å²) in [7, 11) is 1.78. The number of hydrogen-bond acceptors (Lipinski definition) is 6. The molecule has 3 aromatic rings. The van der Waals surface area contributed by atoms with Crippen LogP contribution in [0.1, 0.15) is 60.5 Å². The zero-order valence-electron chi connectivity index (χ0n) is 21.7. The summed E-state index contributed by atoms with van der Waals surface area (Å²) in [6.45, 7) is 5.03. The Labute approximate surface area is 216 Å². The fourth-order valence-corrected chi connectivity index (χ4v) is 6.09. The van der Waals surface area contributed by atoms with Gasteiger partial charge in [0.25, 0.3) is 0 Å². The number of benzene rings is 1. The van der Waals surface area contributed by atoms with E-state index < -0.39 is 5.82 Å². The molecule has 37 heavy (non-hydrogen) atoms. The molecule has 194 valence electrons. The highest BCUT2D eigenvalue weighted by Gasteiger charge is 2.29. The molecule has 2 aliphatic rings. The quantitative estimate of drug-likeness (QED) is 0.527. The Bertz CT molecular complexity index is 1340. The van der Waals surface area contributed by atoms with Gasteiger partial charge in [0.2, 0.25) is 5.91 Å². The number of Topliss-reactive ketones (excluding diaryl/α,β-unsaturated/α-hetero) is 1. The normalized spacial score (nSPS) is 24.5. The lowest BCUT2D eigenvalue weighted by molar-refractivity contribution is -0.130. The van der Waals surface area contributed by atoms with E-state index in [1.54, 1.807) is 36.6 Å². The van der Waals surface area contributed by atoms with E-state index in [-0.39, 0.29) is 42.1 Å². The summed E-state index contributed by atoms with van der Waals surface area (Å²) in [5.41, 5.74) is 9.71. The molecule has 0 bridgehead atoms. The molecule has 1 aromatic carbocycles. The second-order valence-corrected chi connectivity index (χ2v) is 10.9. The van der Waals surface area contributed by atoms with Gasteiger partial charge in [-0.05, 0) is 73.4 Å². The molecule has 1 amide bonds. The minimum absolute atomic E-state index is 0.00295. The number of amides is 1. The number of carbonyl (C=O) groups excluding carboxylic acids is 2. The minimum atomic E-state index is -0.443. The van der Waals surface area contributed by atoms with Crippen molar-refractivity contribution in [3.63, 3.8) is 0 Å². The summed E-state index contributed by atoms with van der Waals surface area (Å²) >= 11 is 0. The Kier molecular flexibility index (Phi) is 6.94. The Hall–Kier alpha value is -3.39. The van der Waals surface area contributed by atoms with Crippen molar-refractivity contribution in [2.24, 2.45) is 11.7 Å². The molecule has 1 saturated carbocycles. The third-order valence-corrected chi connectivity index (χ3v) is 7.93. The summed E-state index contributed by atoms with van der Waals surface area (Å²) in [6, 6.07) is 6.76. The van der Waals surface area contributed by atoms with Crippen LogP contribution in [0.5, 0.6) is 0 Å². The molecule has 2 N–H and O–H groups in total. The Morgan fingerprint density at radius 1 is 1.16 bits per heavy atom. The summed E-state index contributed by atoms with van der Waals surface area (Å²) in [5.74, 6) is 0.256. The Morgan fingerprint density at radius 2 is 1.97 bits per heavy atom. The topological polar surface area (TPSA) is 92.4 Å². The number of anilines is 1. The number of nitrogens with zero attached hydrogens (tertiary/aromatic N) is 4. The van der Waals surface area contributed by atoms with Gasteiger partial charge in [0, 0.05) is 55.4 Å². The standard InChI is InChI=1S/C29H34FN5O2/c1-17-8-19(10-21(31)9-17)23-6-7-32-13-20(23)11-27(36)24-4-5-26(30)25-12-22(14-33-29(24)25)35-16-28(37)34(3)15-18(35)2/h4-7,12-14,17-19,21H,8-11,15-16,31H2,1-3H3/t17-,18+,19+,21-/m0/s1. The SMILES string of the molecule is C[C@@H]1C[C@H](N)C[C@H](c2ccncc2CC(=O)c2ccc(F)c3cc(N4CC(=O)N(C)C[C@H]4C)cnc23)C1. The van der Waals surface area contributed by atoms with Crippen molar-refractivity contribution in [1.29, 1.82) is 0 Å². The number of piperazine rings is 1. The third-order valence-electron chi connectivity index (χ3n) is 7.93. The maximum Gasteiger partial charge on any atom is 0.241 e. The lowest BCUT2D eigenvalue weighted by atomic mass is 9.75. The molecular weight excluding hydrogens is 469 g/mol. The number of halogens is 1. The van der Waals surface area contributed by atoms with Gasteiger partial charge in [-0.3, -0.25) is 19.6 Å². The average Bonchev–Trinajstić information content (AvgIpc) is 2.86. The van der Waals surface area contributed by atoms with Crippen molar-refractivity contribution in [2.75, 3.05) is 25.0 Å². The Balaban J connectivity index is 1.44. The summed E-state index contributed by atoms with van der Waals surface area (Å²) < 4.78 is 15.0. The van der Waals surface area contributed by atoms with Gasteiger partial charge in [-0.1, -0.05) is 6.92 Å². The molecule has 5 rings (SSSR count). The zero-order valence-corrected chi connectivity index (χ0v) is 21.7. The first-order chi connectivity index (χ1) is 17.7. The van der Waals surface area contributed by atoms with Crippen LogP contribution < -0.4 is 10.6 Å². The number of rotatable bonds is 5. The number of fused-ring (bicyclic) bond motifs is 1. The molecule has 2 aromatic heterocycles.